The molecule has 1 saturated heterocycles. The van der Waals surface area contributed by atoms with Crippen LogP contribution < -0.4 is 5.73 Å². The van der Waals surface area contributed by atoms with Crippen molar-refractivity contribution in [1.82, 2.24) is 9.80 Å². The molecule has 0 bridgehead atoms. The Morgan fingerprint density at radius 2 is 1.90 bits per heavy atom. The third-order valence-corrected chi connectivity index (χ3v) is 4.49. The number of rotatable bonds is 4. The quantitative estimate of drug-likeness (QED) is 0.913. The van der Waals surface area contributed by atoms with E-state index in [1.54, 1.807) is 12.1 Å². The fourth-order valence-electron chi connectivity index (χ4n) is 3.36. The summed E-state index contributed by atoms with van der Waals surface area (Å²) in [7, 11) is 0. The summed E-state index contributed by atoms with van der Waals surface area (Å²) in [4.78, 5) is 5.00. The minimum Gasteiger partial charge on any atom is -0.326 e. The lowest BCUT2D eigenvalue weighted by Gasteiger charge is -2.41. The Hall–Kier alpha value is -0.970. The standard InChI is InChI=1S/C16H24FN3/c1-12(18)16(13-3-2-4-14(17)11-13)20-9-7-19(8-10-20)15-5-6-15/h2-4,11-12,15-16H,5-10,18H2,1H3. The molecular weight excluding hydrogens is 253 g/mol. The van der Waals surface area contributed by atoms with Crippen molar-refractivity contribution in [2.24, 2.45) is 5.73 Å². The van der Waals surface area contributed by atoms with Gasteiger partial charge in [-0.15, -0.1) is 0 Å². The van der Waals surface area contributed by atoms with Gasteiger partial charge in [-0.1, -0.05) is 12.1 Å². The van der Waals surface area contributed by atoms with Crippen molar-refractivity contribution in [2.45, 2.75) is 37.9 Å². The van der Waals surface area contributed by atoms with E-state index < -0.39 is 0 Å². The first-order valence-electron chi connectivity index (χ1n) is 7.64. The van der Waals surface area contributed by atoms with E-state index in [-0.39, 0.29) is 17.9 Å². The normalized spacial score (nSPS) is 24.6. The van der Waals surface area contributed by atoms with E-state index in [0.29, 0.717) is 0 Å². The third-order valence-electron chi connectivity index (χ3n) is 4.49. The van der Waals surface area contributed by atoms with Gasteiger partial charge in [-0.05, 0) is 37.5 Å². The molecule has 3 nitrogen and oxygen atoms in total. The van der Waals surface area contributed by atoms with Crippen LogP contribution in [0.5, 0.6) is 0 Å². The molecule has 0 radical (unpaired) electrons. The van der Waals surface area contributed by atoms with Crippen molar-refractivity contribution in [1.29, 1.82) is 0 Å². The molecule has 3 rings (SSSR count). The van der Waals surface area contributed by atoms with Crippen molar-refractivity contribution < 1.29 is 4.39 Å². The lowest BCUT2D eigenvalue weighted by Crippen LogP contribution is -2.51. The molecule has 20 heavy (non-hydrogen) atoms. The van der Waals surface area contributed by atoms with Crippen LogP contribution in [0.15, 0.2) is 24.3 Å². The molecular formula is C16H24FN3. The molecule has 1 aromatic rings. The summed E-state index contributed by atoms with van der Waals surface area (Å²) in [6, 6.07) is 7.84. The van der Waals surface area contributed by atoms with E-state index in [2.05, 4.69) is 9.80 Å². The van der Waals surface area contributed by atoms with E-state index in [1.165, 1.54) is 18.9 Å². The molecule has 0 amide bonds. The van der Waals surface area contributed by atoms with Gasteiger partial charge in [0.1, 0.15) is 5.82 Å². The number of piperazine rings is 1. The molecule has 0 spiro atoms. The van der Waals surface area contributed by atoms with Crippen LogP contribution in [0.25, 0.3) is 0 Å². The van der Waals surface area contributed by atoms with Crippen molar-refractivity contribution >= 4 is 0 Å². The lowest BCUT2D eigenvalue weighted by molar-refractivity contribution is 0.0825. The largest absolute Gasteiger partial charge is 0.326 e. The van der Waals surface area contributed by atoms with Gasteiger partial charge < -0.3 is 5.73 Å². The van der Waals surface area contributed by atoms with Crippen molar-refractivity contribution in [3.63, 3.8) is 0 Å². The molecule has 2 aliphatic rings. The summed E-state index contributed by atoms with van der Waals surface area (Å²) in [5.41, 5.74) is 7.18. The zero-order chi connectivity index (χ0) is 14.1. The van der Waals surface area contributed by atoms with Gasteiger partial charge in [-0.25, -0.2) is 4.39 Å². The second-order valence-electron chi connectivity index (χ2n) is 6.16. The molecule has 4 heteroatoms. The summed E-state index contributed by atoms with van der Waals surface area (Å²) in [6.45, 7) is 6.30. The van der Waals surface area contributed by atoms with Gasteiger partial charge in [0.25, 0.3) is 0 Å². The summed E-state index contributed by atoms with van der Waals surface area (Å²) in [6.07, 6.45) is 2.72. The van der Waals surface area contributed by atoms with Gasteiger partial charge >= 0.3 is 0 Å². The van der Waals surface area contributed by atoms with Gasteiger partial charge in [0.05, 0.1) is 0 Å². The predicted molar refractivity (Wildman–Crippen MR) is 79.0 cm³/mol. The molecule has 110 valence electrons. The fourth-order valence-corrected chi connectivity index (χ4v) is 3.36. The van der Waals surface area contributed by atoms with Crippen LogP contribution in [-0.4, -0.2) is 48.1 Å². The highest BCUT2D eigenvalue weighted by Gasteiger charge is 2.34. The lowest BCUT2D eigenvalue weighted by atomic mass is 9.98. The Bertz CT molecular complexity index is 451. The van der Waals surface area contributed by atoms with Crippen LogP contribution in [0.2, 0.25) is 0 Å². The van der Waals surface area contributed by atoms with Crippen molar-refractivity contribution in [3.05, 3.63) is 35.6 Å². The number of benzene rings is 1. The van der Waals surface area contributed by atoms with Crippen LogP contribution in [0, 0.1) is 5.82 Å². The van der Waals surface area contributed by atoms with Gasteiger partial charge in [-0.2, -0.15) is 0 Å². The summed E-state index contributed by atoms with van der Waals surface area (Å²) >= 11 is 0. The minimum absolute atomic E-state index is 0.00396. The molecule has 2 atom stereocenters. The molecule has 1 aliphatic heterocycles. The highest BCUT2D eigenvalue weighted by molar-refractivity contribution is 5.22. The van der Waals surface area contributed by atoms with Crippen LogP contribution in [-0.2, 0) is 0 Å². The predicted octanol–water partition coefficient (Wildman–Crippen LogP) is 1.99. The average Bonchev–Trinajstić information content (AvgIpc) is 3.24. The van der Waals surface area contributed by atoms with E-state index in [1.807, 2.05) is 13.0 Å². The minimum atomic E-state index is -0.176. The molecule has 1 saturated carbocycles. The molecule has 1 aliphatic carbocycles. The van der Waals surface area contributed by atoms with E-state index in [4.69, 9.17) is 5.73 Å². The Morgan fingerprint density at radius 3 is 2.45 bits per heavy atom. The molecule has 2 fully saturated rings. The first kappa shape index (κ1) is 14.0. The zero-order valence-electron chi connectivity index (χ0n) is 12.1. The molecule has 2 unspecified atom stereocenters. The first-order chi connectivity index (χ1) is 9.65. The summed E-state index contributed by atoms with van der Waals surface area (Å²) < 4.78 is 13.5. The number of halogens is 1. The second-order valence-corrected chi connectivity index (χ2v) is 6.16. The monoisotopic (exact) mass is 277 g/mol. The number of hydrogen-bond acceptors (Lipinski definition) is 3. The fraction of sp³-hybridized carbons (Fsp3) is 0.625. The topological polar surface area (TPSA) is 32.5 Å². The Morgan fingerprint density at radius 1 is 1.20 bits per heavy atom. The summed E-state index contributed by atoms with van der Waals surface area (Å²) in [5.74, 6) is -0.176. The second kappa shape index (κ2) is 5.80. The van der Waals surface area contributed by atoms with Gasteiger partial charge in [-0.3, -0.25) is 9.80 Å². The van der Waals surface area contributed by atoms with E-state index in [9.17, 15) is 4.39 Å². The van der Waals surface area contributed by atoms with Crippen molar-refractivity contribution in [3.8, 4) is 0 Å². The number of hydrogen-bond donors (Lipinski definition) is 1. The maximum absolute atomic E-state index is 13.5. The first-order valence-corrected chi connectivity index (χ1v) is 7.64. The van der Waals surface area contributed by atoms with E-state index >= 15 is 0 Å². The molecule has 1 aromatic carbocycles. The SMILES string of the molecule is CC(N)C(c1cccc(F)c1)N1CCN(C2CC2)CC1. The van der Waals surface area contributed by atoms with Crippen LogP contribution in [0.4, 0.5) is 4.39 Å². The van der Waals surface area contributed by atoms with Crippen LogP contribution in [0.1, 0.15) is 31.4 Å². The third kappa shape index (κ3) is 3.03. The molecule has 2 N–H and O–H groups in total. The Labute approximate surface area is 120 Å². The number of nitrogens with zero attached hydrogens (tertiary/aromatic N) is 2. The maximum Gasteiger partial charge on any atom is 0.123 e. The van der Waals surface area contributed by atoms with E-state index in [0.717, 1.165) is 37.8 Å². The van der Waals surface area contributed by atoms with Gasteiger partial charge in [0.15, 0.2) is 0 Å². The van der Waals surface area contributed by atoms with Gasteiger partial charge in [0, 0.05) is 44.3 Å². The smallest absolute Gasteiger partial charge is 0.123 e. The average molecular weight is 277 g/mol. The maximum atomic E-state index is 13.5. The highest BCUT2D eigenvalue weighted by atomic mass is 19.1. The number of nitrogens with two attached hydrogens (primary N) is 1. The highest BCUT2D eigenvalue weighted by Crippen LogP contribution is 2.30. The van der Waals surface area contributed by atoms with Gasteiger partial charge in [0.2, 0.25) is 0 Å². The molecule has 0 aromatic heterocycles. The Kier molecular flexibility index (Phi) is 4.06. The Balaban J connectivity index is 1.71. The van der Waals surface area contributed by atoms with Crippen molar-refractivity contribution in [2.75, 3.05) is 26.2 Å². The molecule has 1 heterocycles. The van der Waals surface area contributed by atoms with Crippen LogP contribution in [0.3, 0.4) is 0 Å². The zero-order valence-corrected chi connectivity index (χ0v) is 12.1. The summed E-state index contributed by atoms with van der Waals surface area (Å²) in [5, 5.41) is 0. The van der Waals surface area contributed by atoms with Crippen LogP contribution >= 0.6 is 0 Å².